The van der Waals surface area contributed by atoms with Crippen LogP contribution in [0.4, 0.5) is 0 Å². The van der Waals surface area contributed by atoms with E-state index >= 15 is 0 Å². The predicted molar refractivity (Wildman–Crippen MR) is 54.0 cm³/mol. The molecule has 13 heavy (non-hydrogen) atoms. The zero-order valence-electron chi connectivity index (χ0n) is 9.13. The van der Waals surface area contributed by atoms with Gasteiger partial charge >= 0.3 is 5.97 Å². The van der Waals surface area contributed by atoms with E-state index in [2.05, 4.69) is 11.7 Å². The Morgan fingerprint density at radius 3 is 2.08 bits per heavy atom. The maximum Gasteiger partial charge on any atom is 0.331 e. The van der Waals surface area contributed by atoms with Crippen LogP contribution in [0.2, 0.25) is 0 Å². The lowest BCUT2D eigenvalue weighted by atomic mass is 10.1. The Morgan fingerprint density at radius 1 is 1.38 bits per heavy atom. The van der Waals surface area contributed by atoms with Gasteiger partial charge in [0.15, 0.2) is 0 Å². The molecule has 0 saturated carbocycles. The molecule has 0 heterocycles. The van der Waals surface area contributed by atoms with Gasteiger partial charge in [-0.15, -0.1) is 0 Å². The van der Waals surface area contributed by atoms with Gasteiger partial charge in [-0.25, -0.2) is 4.79 Å². The SMILES string of the molecule is C=NC(C(=O)OC(C)(C)C)C(C)C. The highest BCUT2D eigenvalue weighted by Gasteiger charge is 2.26. The molecule has 0 fully saturated rings. The van der Waals surface area contributed by atoms with E-state index in [0.29, 0.717) is 0 Å². The highest BCUT2D eigenvalue weighted by Crippen LogP contribution is 2.13. The number of carbonyl (C=O) groups is 1. The van der Waals surface area contributed by atoms with Crippen LogP contribution in [-0.4, -0.2) is 24.3 Å². The van der Waals surface area contributed by atoms with Crippen molar-refractivity contribution in [2.45, 2.75) is 46.3 Å². The van der Waals surface area contributed by atoms with Gasteiger partial charge in [0.1, 0.15) is 11.6 Å². The lowest BCUT2D eigenvalue weighted by Gasteiger charge is -2.23. The van der Waals surface area contributed by atoms with Crippen LogP contribution in [-0.2, 0) is 9.53 Å². The third kappa shape index (κ3) is 4.65. The fraction of sp³-hybridized carbons (Fsp3) is 0.800. The second kappa shape index (κ2) is 4.40. The van der Waals surface area contributed by atoms with Crippen molar-refractivity contribution in [2.24, 2.45) is 10.9 Å². The van der Waals surface area contributed by atoms with Gasteiger partial charge in [-0.05, 0) is 33.4 Å². The Labute approximate surface area is 80.2 Å². The van der Waals surface area contributed by atoms with Crippen molar-refractivity contribution in [3.05, 3.63) is 0 Å². The molecule has 0 rings (SSSR count). The van der Waals surface area contributed by atoms with Crippen molar-refractivity contribution >= 4 is 12.7 Å². The van der Waals surface area contributed by atoms with Gasteiger partial charge in [-0.3, -0.25) is 4.99 Å². The number of rotatable bonds is 3. The quantitative estimate of drug-likeness (QED) is 0.498. The van der Waals surface area contributed by atoms with Crippen LogP contribution < -0.4 is 0 Å². The zero-order chi connectivity index (χ0) is 10.6. The minimum absolute atomic E-state index is 0.132. The third-order valence-corrected chi connectivity index (χ3v) is 1.48. The second-order valence-electron chi connectivity index (χ2n) is 4.40. The highest BCUT2D eigenvalue weighted by atomic mass is 16.6. The fourth-order valence-electron chi connectivity index (χ4n) is 0.920. The van der Waals surface area contributed by atoms with E-state index < -0.39 is 11.6 Å². The molecule has 0 aromatic heterocycles. The number of hydrogen-bond acceptors (Lipinski definition) is 3. The smallest absolute Gasteiger partial charge is 0.331 e. The van der Waals surface area contributed by atoms with Crippen LogP contribution in [0.3, 0.4) is 0 Å². The van der Waals surface area contributed by atoms with Crippen LogP contribution in [0.5, 0.6) is 0 Å². The summed E-state index contributed by atoms with van der Waals surface area (Å²) in [6.07, 6.45) is 0. The average Bonchev–Trinajstić information content (AvgIpc) is 1.82. The maximum atomic E-state index is 11.5. The van der Waals surface area contributed by atoms with E-state index in [9.17, 15) is 4.79 Å². The van der Waals surface area contributed by atoms with E-state index in [1.165, 1.54) is 0 Å². The number of nitrogens with zero attached hydrogens (tertiary/aromatic N) is 1. The number of ether oxygens (including phenoxy) is 1. The lowest BCUT2D eigenvalue weighted by molar-refractivity contribution is -0.157. The molecule has 3 nitrogen and oxygen atoms in total. The van der Waals surface area contributed by atoms with E-state index in [0.717, 1.165) is 0 Å². The Bertz CT molecular complexity index is 192. The highest BCUT2D eigenvalue weighted by molar-refractivity contribution is 5.77. The average molecular weight is 185 g/mol. The van der Waals surface area contributed by atoms with Crippen molar-refractivity contribution in [3.63, 3.8) is 0 Å². The van der Waals surface area contributed by atoms with Crippen molar-refractivity contribution < 1.29 is 9.53 Å². The number of hydrogen-bond donors (Lipinski definition) is 0. The topological polar surface area (TPSA) is 38.7 Å². The molecule has 0 saturated heterocycles. The zero-order valence-corrected chi connectivity index (χ0v) is 9.13. The van der Waals surface area contributed by atoms with Crippen LogP contribution in [0.25, 0.3) is 0 Å². The first-order valence-electron chi connectivity index (χ1n) is 4.46. The minimum atomic E-state index is -0.449. The molecule has 1 atom stereocenters. The van der Waals surface area contributed by atoms with Crippen molar-refractivity contribution in [3.8, 4) is 0 Å². The monoisotopic (exact) mass is 185 g/mol. The van der Waals surface area contributed by atoms with Crippen molar-refractivity contribution in [2.75, 3.05) is 0 Å². The molecule has 0 aliphatic carbocycles. The molecule has 1 unspecified atom stereocenters. The summed E-state index contributed by atoms with van der Waals surface area (Å²) in [7, 11) is 0. The summed E-state index contributed by atoms with van der Waals surface area (Å²) in [4.78, 5) is 15.2. The fourth-order valence-corrected chi connectivity index (χ4v) is 0.920. The first-order valence-corrected chi connectivity index (χ1v) is 4.46. The predicted octanol–water partition coefficient (Wildman–Crippen LogP) is 2.05. The largest absolute Gasteiger partial charge is 0.458 e. The van der Waals surface area contributed by atoms with Crippen molar-refractivity contribution in [1.82, 2.24) is 0 Å². The summed E-state index contributed by atoms with van der Waals surface area (Å²) >= 11 is 0. The van der Waals surface area contributed by atoms with Crippen LogP contribution in [0.1, 0.15) is 34.6 Å². The summed E-state index contributed by atoms with van der Waals surface area (Å²) in [6, 6.07) is -0.445. The molecule has 3 heteroatoms. The van der Waals surface area contributed by atoms with E-state index in [1.807, 2.05) is 34.6 Å². The van der Waals surface area contributed by atoms with E-state index in [1.54, 1.807) is 0 Å². The Balaban J connectivity index is 4.32. The van der Waals surface area contributed by atoms with Gasteiger partial charge in [0.25, 0.3) is 0 Å². The molecule has 0 aliphatic rings. The molecule has 0 spiro atoms. The summed E-state index contributed by atoms with van der Waals surface area (Å²) in [5, 5.41) is 0. The van der Waals surface area contributed by atoms with Gasteiger partial charge in [0, 0.05) is 0 Å². The number of esters is 1. The summed E-state index contributed by atoms with van der Waals surface area (Å²) in [5.74, 6) is -0.162. The first-order chi connectivity index (χ1) is 5.78. The molecule has 0 aromatic rings. The van der Waals surface area contributed by atoms with Crippen molar-refractivity contribution in [1.29, 1.82) is 0 Å². The molecule has 0 radical (unpaired) electrons. The molecule has 0 amide bonds. The second-order valence-corrected chi connectivity index (χ2v) is 4.40. The summed E-state index contributed by atoms with van der Waals surface area (Å²) in [5.41, 5.74) is -0.449. The molecule has 0 aromatic carbocycles. The lowest BCUT2D eigenvalue weighted by Crippen LogP contribution is -2.33. The number of aliphatic imine (C=N–C) groups is 1. The van der Waals surface area contributed by atoms with Gasteiger partial charge in [-0.2, -0.15) is 0 Å². The van der Waals surface area contributed by atoms with Gasteiger partial charge < -0.3 is 4.74 Å². The van der Waals surface area contributed by atoms with Crippen LogP contribution in [0.15, 0.2) is 4.99 Å². The molecule has 0 aliphatic heterocycles. The van der Waals surface area contributed by atoms with Gasteiger partial charge in [0.2, 0.25) is 0 Å². The summed E-state index contributed by atoms with van der Waals surface area (Å²) in [6.45, 7) is 12.7. The molecule has 0 bridgehead atoms. The minimum Gasteiger partial charge on any atom is -0.458 e. The Morgan fingerprint density at radius 2 is 1.85 bits per heavy atom. The normalized spacial score (nSPS) is 14.0. The molecule has 76 valence electrons. The molecular formula is C10H19NO2. The first kappa shape index (κ1) is 12.1. The van der Waals surface area contributed by atoms with Crippen LogP contribution >= 0.6 is 0 Å². The Kier molecular flexibility index (Phi) is 4.11. The number of carbonyl (C=O) groups excluding carboxylic acids is 1. The van der Waals surface area contributed by atoms with Crippen LogP contribution in [0, 0.1) is 5.92 Å². The third-order valence-electron chi connectivity index (χ3n) is 1.48. The summed E-state index contributed by atoms with van der Waals surface area (Å²) < 4.78 is 5.18. The molecule has 0 N–H and O–H groups in total. The van der Waals surface area contributed by atoms with Gasteiger partial charge in [-0.1, -0.05) is 13.8 Å². The standard InChI is InChI=1S/C10H19NO2/c1-7(2)8(11-6)9(12)13-10(3,4)5/h7-8H,6H2,1-5H3. The maximum absolute atomic E-state index is 11.5. The van der Waals surface area contributed by atoms with Gasteiger partial charge in [0.05, 0.1) is 0 Å². The Hall–Kier alpha value is -0.860. The molecular weight excluding hydrogens is 166 g/mol. The van der Waals surface area contributed by atoms with E-state index in [4.69, 9.17) is 4.74 Å². The van der Waals surface area contributed by atoms with E-state index in [-0.39, 0.29) is 11.9 Å².